The van der Waals surface area contributed by atoms with Crippen molar-refractivity contribution in [1.29, 1.82) is 0 Å². The molecule has 4 heteroatoms. The quantitative estimate of drug-likeness (QED) is 0.866. The van der Waals surface area contributed by atoms with Gasteiger partial charge in [-0.05, 0) is 25.1 Å². The van der Waals surface area contributed by atoms with Crippen molar-refractivity contribution >= 4 is 17.2 Å². The molecule has 15 heavy (non-hydrogen) atoms. The highest BCUT2D eigenvalue weighted by Crippen LogP contribution is 2.20. The Morgan fingerprint density at radius 3 is 2.93 bits per heavy atom. The maximum absolute atomic E-state index is 6.26. The van der Waals surface area contributed by atoms with Crippen LogP contribution in [0.25, 0.3) is 5.65 Å². The average Bonchev–Trinajstić information content (AvgIpc) is 2.57. The standard InChI is InChI=1S/C11H14ClN3/c1-2-9-11(12)15-8(6-7-13)4-3-5-10(15)14-9/h3-5H,2,6-7,13H2,1H3. The lowest BCUT2D eigenvalue weighted by Gasteiger charge is -2.04. The molecule has 0 aliphatic rings. The Labute approximate surface area is 93.9 Å². The van der Waals surface area contributed by atoms with E-state index in [4.69, 9.17) is 17.3 Å². The molecule has 2 N–H and O–H groups in total. The minimum atomic E-state index is 0.620. The fourth-order valence-corrected chi connectivity index (χ4v) is 2.11. The molecule has 80 valence electrons. The molecule has 2 aromatic rings. The van der Waals surface area contributed by atoms with Gasteiger partial charge in [0.2, 0.25) is 0 Å². The Morgan fingerprint density at radius 2 is 2.27 bits per heavy atom. The van der Waals surface area contributed by atoms with Crippen molar-refractivity contribution in [2.45, 2.75) is 19.8 Å². The van der Waals surface area contributed by atoms with Crippen molar-refractivity contribution < 1.29 is 0 Å². The third kappa shape index (κ3) is 1.73. The summed E-state index contributed by atoms with van der Waals surface area (Å²) in [5.74, 6) is 0. The summed E-state index contributed by atoms with van der Waals surface area (Å²) in [5, 5.41) is 0.719. The van der Waals surface area contributed by atoms with Crippen LogP contribution in [-0.4, -0.2) is 15.9 Å². The smallest absolute Gasteiger partial charge is 0.138 e. The normalized spacial score (nSPS) is 11.1. The third-order valence-electron chi connectivity index (χ3n) is 2.47. The highest BCUT2D eigenvalue weighted by molar-refractivity contribution is 6.30. The first-order valence-electron chi connectivity index (χ1n) is 5.12. The summed E-state index contributed by atoms with van der Waals surface area (Å²) < 4.78 is 1.98. The Morgan fingerprint density at radius 1 is 1.47 bits per heavy atom. The van der Waals surface area contributed by atoms with Gasteiger partial charge in [-0.15, -0.1) is 0 Å². The molecule has 0 aromatic carbocycles. The lowest BCUT2D eigenvalue weighted by Crippen LogP contribution is -2.06. The zero-order valence-electron chi connectivity index (χ0n) is 8.70. The number of aryl methyl sites for hydroxylation is 1. The number of pyridine rings is 1. The SMILES string of the molecule is CCc1nc2cccc(CCN)n2c1Cl. The average molecular weight is 224 g/mol. The molecule has 0 radical (unpaired) electrons. The van der Waals surface area contributed by atoms with Gasteiger partial charge in [0, 0.05) is 12.1 Å². The summed E-state index contributed by atoms with van der Waals surface area (Å²) in [6.45, 7) is 2.67. The van der Waals surface area contributed by atoms with Crippen LogP contribution in [0.1, 0.15) is 18.3 Å². The number of hydrogen-bond donors (Lipinski definition) is 1. The zero-order chi connectivity index (χ0) is 10.8. The Balaban J connectivity index is 2.67. The summed E-state index contributed by atoms with van der Waals surface area (Å²) in [4.78, 5) is 4.46. The maximum Gasteiger partial charge on any atom is 0.138 e. The third-order valence-corrected chi connectivity index (χ3v) is 2.86. The Kier molecular flexibility index (Phi) is 2.93. The summed E-state index contributed by atoms with van der Waals surface area (Å²) in [7, 11) is 0. The fraction of sp³-hybridized carbons (Fsp3) is 0.364. The number of nitrogens with two attached hydrogens (primary N) is 1. The highest BCUT2D eigenvalue weighted by Gasteiger charge is 2.10. The van der Waals surface area contributed by atoms with E-state index in [-0.39, 0.29) is 0 Å². The first-order valence-corrected chi connectivity index (χ1v) is 5.50. The molecule has 3 nitrogen and oxygen atoms in total. The molecule has 0 bridgehead atoms. The van der Waals surface area contributed by atoms with E-state index in [1.54, 1.807) is 0 Å². The lowest BCUT2D eigenvalue weighted by molar-refractivity contribution is 0.895. The number of nitrogens with zero attached hydrogens (tertiary/aromatic N) is 2. The molecule has 0 aliphatic heterocycles. The van der Waals surface area contributed by atoms with Crippen LogP contribution < -0.4 is 5.73 Å². The summed E-state index contributed by atoms with van der Waals surface area (Å²) >= 11 is 6.26. The number of halogens is 1. The van der Waals surface area contributed by atoms with E-state index in [1.807, 2.05) is 22.6 Å². The predicted molar refractivity (Wildman–Crippen MR) is 62.3 cm³/mol. The van der Waals surface area contributed by atoms with Crippen LogP contribution >= 0.6 is 11.6 Å². The minimum absolute atomic E-state index is 0.620. The van der Waals surface area contributed by atoms with Gasteiger partial charge in [0.05, 0.1) is 5.69 Å². The monoisotopic (exact) mass is 223 g/mol. The highest BCUT2D eigenvalue weighted by atomic mass is 35.5. The minimum Gasteiger partial charge on any atom is -0.330 e. The summed E-state index contributed by atoms with van der Waals surface area (Å²) in [6.07, 6.45) is 1.67. The van der Waals surface area contributed by atoms with Crippen molar-refractivity contribution in [3.05, 3.63) is 34.7 Å². The van der Waals surface area contributed by atoms with E-state index < -0.39 is 0 Å². The summed E-state index contributed by atoms with van der Waals surface area (Å²) in [6, 6.07) is 5.99. The zero-order valence-corrected chi connectivity index (χ0v) is 9.46. The molecule has 0 aliphatic carbocycles. The van der Waals surface area contributed by atoms with E-state index in [0.717, 1.165) is 35.0 Å². The van der Waals surface area contributed by atoms with Crippen molar-refractivity contribution in [3.8, 4) is 0 Å². The predicted octanol–water partition coefficient (Wildman–Crippen LogP) is 2.05. The van der Waals surface area contributed by atoms with Gasteiger partial charge in [0.1, 0.15) is 10.8 Å². The van der Waals surface area contributed by atoms with Crippen LogP contribution in [0, 0.1) is 0 Å². The molecule has 0 saturated heterocycles. The van der Waals surface area contributed by atoms with Gasteiger partial charge in [0.25, 0.3) is 0 Å². The number of imidazole rings is 1. The van der Waals surface area contributed by atoms with Crippen LogP contribution in [-0.2, 0) is 12.8 Å². The summed E-state index contributed by atoms with van der Waals surface area (Å²) in [5.41, 5.74) is 8.53. The van der Waals surface area contributed by atoms with Gasteiger partial charge in [-0.1, -0.05) is 24.6 Å². The molecule has 2 aromatic heterocycles. The molecule has 2 rings (SSSR count). The van der Waals surface area contributed by atoms with Crippen LogP contribution in [0.3, 0.4) is 0 Å². The Hall–Kier alpha value is -1.06. The molecular formula is C11H14ClN3. The van der Waals surface area contributed by atoms with Gasteiger partial charge in [0.15, 0.2) is 0 Å². The number of rotatable bonds is 3. The molecule has 0 spiro atoms. The molecule has 0 fully saturated rings. The molecule has 2 heterocycles. The number of fused-ring (bicyclic) bond motifs is 1. The molecule has 0 saturated carbocycles. The van der Waals surface area contributed by atoms with Crippen molar-refractivity contribution in [2.75, 3.05) is 6.54 Å². The van der Waals surface area contributed by atoms with Gasteiger partial charge in [-0.25, -0.2) is 4.98 Å². The van der Waals surface area contributed by atoms with Crippen LogP contribution in [0.15, 0.2) is 18.2 Å². The fourth-order valence-electron chi connectivity index (χ4n) is 1.74. The van der Waals surface area contributed by atoms with Gasteiger partial charge < -0.3 is 5.73 Å². The van der Waals surface area contributed by atoms with E-state index in [2.05, 4.69) is 11.9 Å². The molecule has 0 amide bonds. The van der Waals surface area contributed by atoms with Gasteiger partial charge in [-0.2, -0.15) is 0 Å². The number of hydrogen-bond acceptors (Lipinski definition) is 2. The van der Waals surface area contributed by atoms with E-state index in [0.29, 0.717) is 6.54 Å². The van der Waals surface area contributed by atoms with Crippen LogP contribution in [0.4, 0.5) is 0 Å². The van der Waals surface area contributed by atoms with Crippen molar-refractivity contribution in [1.82, 2.24) is 9.38 Å². The first kappa shape index (κ1) is 10.5. The first-order chi connectivity index (χ1) is 7.27. The van der Waals surface area contributed by atoms with Gasteiger partial charge in [-0.3, -0.25) is 4.40 Å². The van der Waals surface area contributed by atoms with E-state index in [1.165, 1.54) is 0 Å². The molecule has 0 unspecified atom stereocenters. The van der Waals surface area contributed by atoms with Crippen LogP contribution in [0.2, 0.25) is 5.15 Å². The maximum atomic E-state index is 6.26. The largest absolute Gasteiger partial charge is 0.330 e. The second-order valence-electron chi connectivity index (χ2n) is 3.45. The Bertz CT molecular complexity index is 476. The van der Waals surface area contributed by atoms with Gasteiger partial charge >= 0.3 is 0 Å². The second-order valence-corrected chi connectivity index (χ2v) is 3.81. The second kappa shape index (κ2) is 4.21. The molecule has 0 atom stereocenters. The molecular weight excluding hydrogens is 210 g/mol. The topological polar surface area (TPSA) is 43.3 Å². The van der Waals surface area contributed by atoms with Crippen LogP contribution in [0.5, 0.6) is 0 Å². The van der Waals surface area contributed by atoms with E-state index in [9.17, 15) is 0 Å². The lowest BCUT2D eigenvalue weighted by atomic mass is 10.2. The van der Waals surface area contributed by atoms with Crippen molar-refractivity contribution in [3.63, 3.8) is 0 Å². The van der Waals surface area contributed by atoms with E-state index >= 15 is 0 Å². The number of aromatic nitrogens is 2. The van der Waals surface area contributed by atoms with Crippen molar-refractivity contribution in [2.24, 2.45) is 5.73 Å².